The van der Waals surface area contributed by atoms with Crippen molar-refractivity contribution in [2.45, 2.75) is 0 Å². The molecule has 4 aromatic rings. The molecular weight excluding hydrogens is 326 g/mol. The van der Waals surface area contributed by atoms with Crippen molar-refractivity contribution in [3.8, 4) is 34.0 Å². The van der Waals surface area contributed by atoms with Crippen molar-refractivity contribution in [1.29, 1.82) is 1.28 Å². The Bertz CT molecular complexity index is 931. The first-order chi connectivity index (χ1) is 12.8. The van der Waals surface area contributed by atoms with E-state index >= 15 is 0 Å². The van der Waals surface area contributed by atoms with Crippen molar-refractivity contribution in [3.05, 3.63) is 84.9 Å². The Labute approximate surface area is 152 Å². The first-order valence-electron chi connectivity index (χ1n) is 8.24. The van der Waals surface area contributed by atoms with Gasteiger partial charge in [-0.25, -0.2) is 0 Å². The third kappa shape index (κ3) is 4.04. The average molecular weight is 343 g/mol. The summed E-state index contributed by atoms with van der Waals surface area (Å²) in [6.07, 6.45) is 0. The minimum atomic E-state index is -0.167. The van der Waals surface area contributed by atoms with E-state index in [4.69, 9.17) is 5.70 Å². The summed E-state index contributed by atoms with van der Waals surface area (Å²) < 4.78 is 11.8. The maximum Gasteiger partial charge on any atom is 0.248 e. The maximum absolute atomic E-state index is 6.01. The lowest BCUT2D eigenvalue weighted by atomic mass is 10.0. The zero-order valence-electron chi connectivity index (χ0n) is 14.5. The largest absolute Gasteiger partial charge is 0.416 e. The first kappa shape index (κ1) is 15.8. The van der Waals surface area contributed by atoms with Gasteiger partial charge in [0.2, 0.25) is 11.8 Å². The summed E-state index contributed by atoms with van der Waals surface area (Å²) in [7, 11) is 4.38. The smallest absolute Gasteiger partial charge is 0.248 e. The van der Waals surface area contributed by atoms with Crippen LogP contribution in [0, 0.1) is 0 Å². The van der Waals surface area contributed by atoms with Gasteiger partial charge in [-0.3, -0.25) is 0 Å². The number of hydrogen-bond donors (Lipinski definition) is 0. The van der Waals surface area contributed by atoms with Crippen LogP contribution in [0.2, 0.25) is 0 Å². The van der Waals surface area contributed by atoms with E-state index in [2.05, 4.69) is 42.0 Å². The fourth-order valence-electron chi connectivity index (χ4n) is 2.47. The molecule has 1 unspecified atom stereocenters. The van der Waals surface area contributed by atoms with Crippen LogP contribution < -0.4 is 0 Å². The summed E-state index contributed by atoms with van der Waals surface area (Å²) in [5, 5.41) is 8.28. The SMILES string of the molecule is [2H]P[B].c1ccc(-c2ccc(-c3nnc(-c4ccccc4)o3)cc2)cc1. The van der Waals surface area contributed by atoms with Crippen molar-refractivity contribution >= 4 is 16.6 Å². The fraction of sp³-hybridized carbons (Fsp3) is 0. The highest BCUT2D eigenvalue weighted by molar-refractivity contribution is 7.49. The first-order valence-corrected chi connectivity index (χ1v) is 8.31. The van der Waals surface area contributed by atoms with Gasteiger partial charge >= 0.3 is 0 Å². The highest BCUT2D eigenvalue weighted by Crippen LogP contribution is 2.26. The number of hydrogen-bond acceptors (Lipinski definition) is 3. The third-order valence-electron chi connectivity index (χ3n) is 3.68. The molecule has 0 fully saturated rings. The predicted molar refractivity (Wildman–Crippen MR) is 106 cm³/mol. The molecule has 25 heavy (non-hydrogen) atoms. The van der Waals surface area contributed by atoms with Gasteiger partial charge in [-0.2, -0.15) is 9.06 Å². The molecule has 4 rings (SSSR count). The minimum Gasteiger partial charge on any atom is -0.416 e. The number of rotatable bonds is 3. The Kier molecular flexibility index (Phi) is 5.32. The molecule has 0 saturated heterocycles. The lowest BCUT2D eigenvalue weighted by molar-refractivity contribution is 0.584. The minimum absolute atomic E-state index is 0.167. The van der Waals surface area contributed by atoms with E-state index in [0.717, 1.165) is 16.7 Å². The summed E-state index contributed by atoms with van der Waals surface area (Å²) >= 11 is 0. The van der Waals surface area contributed by atoms with Crippen molar-refractivity contribution in [2.24, 2.45) is 0 Å². The standard InChI is InChI=1S/C20H14N2O.BH2P/c1-3-7-15(8-4-1)16-11-13-18(14-12-16)20-22-21-19(23-20)17-9-5-2-6-10-17;1-2/h1-14H;2H2/i;2D. The average Bonchev–Trinajstić information content (AvgIpc) is 3.20. The van der Waals surface area contributed by atoms with Gasteiger partial charge in [-0.05, 0) is 35.4 Å². The van der Waals surface area contributed by atoms with E-state index in [0.29, 0.717) is 11.8 Å². The summed E-state index contributed by atoms with van der Waals surface area (Å²) in [6.45, 7) is 0. The zero-order chi connectivity index (χ0) is 18.2. The molecule has 0 aliphatic heterocycles. The molecule has 0 saturated carbocycles. The molecule has 120 valence electrons. The van der Waals surface area contributed by atoms with Crippen molar-refractivity contribution < 1.29 is 4.42 Å². The number of benzene rings is 3. The van der Waals surface area contributed by atoms with Crippen LogP contribution in [0.4, 0.5) is 0 Å². The molecule has 5 heteroatoms. The molecule has 2 radical (unpaired) electrons. The van der Waals surface area contributed by atoms with Gasteiger partial charge in [0, 0.05) is 12.4 Å². The summed E-state index contributed by atoms with van der Waals surface area (Å²) in [5.41, 5.74) is 4.19. The molecule has 1 atom stereocenters. The number of aromatic nitrogens is 2. The molecule has 0 aliphatic rings. The highest BCUT2D eigenvalue weighted by atomic mass is 31.0. The molecule has 0 bridgehead atoms. The predicted octanol–water partition coefficient (Wildman–Crippen LogP) is 5.02. The van der Waals surface area contributed by atoms with E-state index in [1.165, 1.54) is 5.56 Å². The lowest BCUT2D eigenvalue weighted by Gasteiger charge is -2.02. The van der Waals surface area contributed by atoms with Gasteiger partial charge in [-0.1, -0.05) is 60.7 Å². The van der Waals surface area contributed by atoms with Crippen molar-refractivity contribution in [2.75, 3.05) is 0 Å². The van der Waals surface area contributed by atoms with Crippen LogP contribution in [-0.2, 0) is 0 Å². The molecule has 0 amide bonds. The Morgan fingerprint density at radius 1 is 0.640 bits per heavy atom. The van der Waals surface area contributed by atoms with Crippen LogP contribution in [0.25, 0.3) is 34.0 Å². The molecule has 0 aliphatic carbocycles. The quantitative estimate of drug-likeness (QED) is 0.387. The van der Waals surface area contributed by atoms with Gasteiger partial charge in [0.1, 0.15) is 0 Å². The van der Waals surface area contributed by atoms with Crippen LogP contribution >= 0.6 is 9.06 Å². The Hall–Kier alpha value is -2.71. The molecule has 0 N–H and O–H groups in total. The van der Waals surface area contributed by atoms with Gasteiger partial charge in [0.05, 0.1) is 7.57 Å². The van der Waals surface area contributed by atoms with Gasteiger partial charge in [0.25, 0.3) is 0 Å². The van der Waals surface area contributed by atoms with Crippen molar-refractivity contribution in [3.63, 3.8) is 0 Å². The highest BCUT2D eigenvalue weighted by Gasteiger charge is 2.10. The molecule has 3 nitrogen and oxygen atoms in total. The van der Waals surface area contributed by atoms with Gasteiger partial charge < -0.3 is 4.42 Å². The summed E-state index contributed by atoms with van der Waals surface area (Å²) in [5.74, 6) is 1.07. The van der Waals surface area contributed by atoms with E-state index in [1.54, 1.807) is 0 Å². The van der Waals surface area contributed by atoms with Crippen molar-refractivity contribution in [1.82, 2.24) is 10.2 Å². The second-order valence-corrected chi connectivity index (χ2v) is 5.22. The topological polar surface area (TPSA) is 38.9 Å². The van der Waals surface area contributed by atoms with Crippen LogP contribution in [0.15, 0.2) is 89.3 Å². The van der Waals surface area contributed by atoms with Gasteiger partial charge in [-0.15, -0.1) is 10.2 Å². The van der Waals surface area contributed by atoms with Crippen LogP contribution in [0.5, 0.6) is 0 Å². The number of nitrogens with zero attached hydrogens (tertiary/aromatic N) is 2. The Morgan fingerprint density at radius 3 is 1.52 bits per heavy atom. The zero-order valence-corrected chi connectivity index (χ0v) is 14.5. The molecule has 3 aromatic carbocycles. The molecule has 1 heterocycles. The second-order valence-electron chi connectivity index (χ2n) is 5.22. The fourth-order valence-corrected chi connectivity index (χ4v) is 2.47. The normalized spacial score (nSPS) is 11.0. The van der Waals surface area contributed by atoms with E-state index < -0.39 is 0 Å². The van der Waals surface area contributed by atoms with E-state index in [9.17, 15) is 0 Å². The van der Waals surface area contributed by atoms with Gasteiger partial charge in [0.15, 0.2) is 0 Å². The summed E-state index contributed by atoms with van der Waals surface area (Å²) in [4.78, 5) is 0. The van der Waals surface area contributed by atoms with E-state index in [1.807, 2.05) is 60.7 Å². The van der Waals surface area contributed by atoms with Crippen LogP contribution in [0.3, 0.4) is 0 Å². The monoisotopic (exact) mass is 343 g/mol. The Balaban J connectivity index is 0.000000613. The lowest BCUT2D eigenvalue weighted by Crippen LogP contribution is -1.80. The Morgan fingerprint density at radius 2 is 1.00 bits per heavy atom. The molecule has 0 spiro atoms. The van der Waals surface area contributed by atoms with E-state index in [-0.39, 0.29) is 9.06 Å². The maximum atomic E-state index is 6.01. The van der Waals surface area contributed by atoms with Crippen LogP contribution in [-0.4, -0.2) is 19.0 Å². The second kappa shape index (κ2) is 8.41. The molecular formula is C20H16BN2OP. The summed E-state index contributed by atoms with van der Waals surface area (Å²) in [6, 6.07) is 28.2. The van der Waals surface area contributed by atoms with Crippen LogP contribution in [0.1, 0.15) is 0 Å². The third-order valence-corrected chi connectivity index (χ3v) is 3.68. The molecule has 1 aromatic heterocycles.